The number of aryl methyl sites for hydroxylation is 1. The smallest absolute Gasteiger partial charge is 0.220 e. The number of carbonyl (C=O) groups is 2. The van der Waals surface area contributed by atoms with Gasteiger partial charge in [-0.3, -0.25) is 4.79 Å². The molecule has 1 aromatic rings. The molecule has 0 radical (unpaired) electrons. The summed E-state index contributed by atoms with van der Waals surface area (Å²) in [4.78, 5) is 22.6. The van der Waals surface area contributed by atoms with Crippen molar-refractivity contribution >= 4 is 24.0 Å². The van der Waals surface area contributed by atoms with Crippen molar-refractivity contribution in [2.24, 2.45) is 0 Å². The number of ether oxygens (including phenoxy) is 1. The summed E-state index contributed by atoms with van der Waals surface area (Å²) in [7, 11) is 0. The first-order chi connectivity index (χ1) is 11.0. The maximum atomic E-state index is 13.2. The molecular weight excluding hydrogens is 317 g/mol. The monoisotopic (exact) mass is 341 g/mol. The van der Waals surface area contributed by atoms with Gasteiger partial charge in [0.1, 0.15) is 17.9 Å². The number of halogens is 1. The van der Waals surface area contributed by atoms with Crippen LogP contribution in [-0.4, -0.2) is 36.9 Å². The Morgan fingerprint density at radius 2 is 2.17 bits per heavy atom. The molecule has 0 heterocycles. The maximum Gasteiger partial charge on any atom is 0.220 e. The van der Waals surface area contributed by atoms with Crippen LogP contribution in [-0.2, 0) is 9.59 Å². The highest BCUT2D eigenvalue weighted by Crippen LogP contribution is 2.16. The molecule has 4 nitrogen and oxygen atoms in total. The molecule has 1 atom stereocenters. The molecule has 0 spiro atoms. The Morgan fingerprint density at radius 1 is 1.39 bits per heavy atom. The third-order valence-electron chi connectivity index (χ3n) is 3.23. The summed E-state index contributed by atoms with van der Waals surface area (Å²) >= 11 is 1.64. The van der Waals surface area contributed by atoms with Crippen molar-refractivity contribution in [2.45, 2.75) is 38.6 Å². The predicted octanol–water partition coefficient (Wildman–Crippen LogP) is 3.12. The van der Waals surface area contributed by atoms with Gasteiger partial charge in [0.15, 0.2) is 0 Å². The number of nitrogens with one attached hydrogen (secondary N) is 1. The zero-order chi connectivity index (χ0) is 17.1. The van der Waals surface area contributed by atoms with E-state index in [9.17, 15) is 14.0 Å². The molecule has 1 aromatic carbocycles. The number of carbonyl (C=O) groups excluding carboxylic acids is 2. The summed E-state index contributed by atoms with van der Waals surface area (Å²) in [6, 6.07) is 4.16. The fraction of sp³-hybridized carbons (Fsp3) is 0.529. The van der Waals surface area contributed by atoms with Crippen LogP contribution in [0.2, 0.25) is 0 Å². The highest BCUT2D eigenvalue weighted by molar-refractivity contribution is 7.98. The van der Waals surface area contributed by atoms with Crippen LogP contribution in [0.4, 0.5) is 4.39 Å². The number of amides is 1. The van der Waals surface area contributed by atoms with Crippen molar-refractivity contribution in [2.75, 3.05) is 18.6 Å². The number of aldehydes is 1. The molecule has 0 aliphatic heterocycles. The van der Waals surface area contributed by atoms with E-state index in [4.69, 9.17) is 4.74 Å². The topological polar surface area (TPSA) is 55.4 Å². The summed E-state index contributed by atoms with van der Waals surface area (Å²) in [5, 5.41) is 2.71. The molecule has 0 aliphatic carbocycles. The normalized spacial score (nSPS) is 11.8. The van der Waals surface area contributed by atoms with Gasteiger partial charge >= 0.3 is 0 Å². The van der Waals surface area contributed by atoms with Crippen LogP contribution >= 0.6 is 11.8 Å². The standard InChI is InChI=1S/C17H24FNO3S/c1-13-9-14(18)11-16(10-13)22-7-4-3-5-17(21)19-15(12-20)6-8-23-2/h9-12,15H,3-8H2,1-2H3,(H,19,21). The quantitative estimate of drug-likeness (QED) is 0.496. The molecule has 0 saturated carbocycles. The third kappa shape index (κ3) is 8.59. The van der Waals surface area contributed by atoms with Gasteiger partial charge in [-0.1, -0.05) is 0 Å². The lowest BCUT2D eigenvalue weighted by molar-refractivity contribution is -0.124. The van der Waals surface area contributed by atoms with Gasteiger partial charge in [-0.2, -0.15) is 11.8 Å². The van der Waals surface area contributed by atoms with Crippen LogP contribution in [0.25, 0.3) is 0 Å². The fourth-order valence-electron chi connectivity index (χ4n) is 2.06. The summed E-state index contributed by atoms with van der Waals surface area (Å²) in [5.41, 5.74) is 0.810. The predicted molar refractivity (Wildman–Crippen MR) is 91.5 cm³/mol. The first-order valence-electron chi connectivity index (χ1n) is 7.68. The van der Waals surface area contributed by atoms with E-state index >= 15 is 0 Å². The number of hydrogen-bond acceptors (Lipinski definition) is 4. The van der Waals surface area contributed by atoms with E-state index < -0.39 is 6.04 Å². The van der Waals surface area contributed by atoms with E-state index in [1.165, 1.54) is 12.1 Å². The van der Waals surface area contributed by atoms with Crippen molar-refractivity contribution in [3.63, 3.8) is 0 Å². The van der Waals surface area contributed by atoms with E-state index in [-0.39, 0.29) is 11.7 Å². The average Bonchev–Trinajstić information content (AvgIpc) is 2.50. The second-order valence-corrected chi connectivity index (χ2v) is 6.35. The van der Waals surface area contributed by atoms with Crippen LogP contribution in [0.5, 0.6) is 5.75 Å². The summed E-state index contributed by atoms with van der Waals surface area (Å²) in [5.74, 6) is 0.907. The Kier molecular flexibility index (Phi) is 9.36. The van der Waals surface area contributed by atoms with Gasteiger partial charge in [0.05, 0.1) is 12.6 Å². The average molecular weight is 341 g/mol. The van der Waals surface area contributed by atoms with Crippen LogP contribution < -0.4 is 10.1 Å². The SMILES string of the molecule is CSCCC(C=O)NC(=O)CCCCOc1cc(C)cc(F)c1. The van der Waals surface area contributed by atoms with Crippen LogP contribution in [0.3, 0.4) is 0 Å². The van der Waals surface area contributed by atoms with Gasteiger partial charge in [0.25, 0.3) is 0 Å². The highest BCUT2D eigenvalue weighted by atomic mass is 32.2. The molecule has 0 bridgehead atoms. The third-order valence-corrected chi connectivity index (χ3v) is 3.87. The maximum absolute atomic E-state index is 13.2. The number of hydrogen-bond donors (Lipinski definition) is 1. The number of unbranched alkanes of at least 4 members (excludes halogenated alkanes) is 1. The van der Waals surface area contributed by atoms with E-state index in [2.05, 4.69) is 5.32 Å². The molecule has 6 heteroatoms. The van der Waals surface area contributed by atoms with Crippen LogP contribution in [0, 0.1) is 12.7 Å². The Labute approximate surface area is 141 Å². The Hall–Kier alpha value is -1.56. The molecule has 0 fully saturated rings. The molecule has 0 aliphatic rings. The summed E-state index contributed by atoms with van der Waals surface area (Å²) in [6.07, 6.45) is 5.11. The minimum atomic E-state index is -0.401. The van der Waals surface area contributed by atoms with Gasteiger partial charge in [-0.05, 0) is 55.9 Å². The molecule has 1 amide bonds. The zero-order valence-corrected chi connectivity index (χ0v) is 14.5. The Morgan fingerprint density at radius 3 is 2.83 bits per heavy atom. The van der Waals surface area contributed by atoms with E-state index in [0.717, 1.165) is 17.6 Å². The van der Waals surface area contributed by atoms with E-state index in [0.29, 0.717) is 38.0 Å². The van der Waals surface area contributed by atoms with Gasteiger partial charge in [-0.25, -0.2) is 4.39 Å². The van der Waals surface area contributed by atoms with Crippen molar-refractivity contribution in [3.05, 3.63) is 29.6 Å². The molecule has 1 unspecified atom stereocenters. The van der Waals surface area contributed by atoms with Crippen LogP contribution in [0.1, 0.15) is 31.2 Å². The van der Waals surface area contributed by atoms with Gasteiger partial charge in [-0.15, -0.1) is 0 Å². The molecule has 0 aromatic heterocycles. The molecule has 23 heavy (non-hydrogen) atoms. The Balaban J connectivity index is 2.18. The lowest BCUT2D eigenvalue weighted by Gasteiger charge is -2.12. The number of thioether (sulfide) groups is 1. The minimum Gasteiger partial charge on any atom is -0.493 e. The minimum absolute atomic E-state index is 0.121. The van der Waals surface area contributed by atoms with Crippen molar-refractivity contribution in [1.29, 1.82) is 0 Å². The molecule has 1 rings (SSSR count). The van der Waals surface area contributed by atoms with Crippen molar-refractivity contribution < 1.29 is 18.7 Å². The lowest BCUT2D eigenvalue weighted by atomic mass is 10.2. The lowest BCUT2D eigenvalue weighted by Crippen LogP contribution is -2.36. The second-order valence-electron chi connectivity index (χ2n) is 5.36. The molecular formula is C17H24FNO3S. The van der Waals surface area contributed by atoms with Crippen molar-refractivity contribution in [1.82, 2.24) is 5.32 Å². The van der Waals surface area contributed by atoms with Gasteiger partial charge in [0.2, 0.25) is 5.91 Å². The highest BCUT2D eigenvalue weighted by Gasteiger charge is 2.10. The Bertz CT molecular complexity index is 490. The molecule has 0 saturated heterocycles. The summed E-state index contributed by atoms with van der Waals surface area (Å²) in [6.45, 7) is 2.24. The largest absolute Gasteiger partial charge is 0.493 e. The number of benzene rings is 1. The zero-order valence-electron chi connectivity index (χ0n) is 13.6. The van der Waals surface area contributed by atoms with Gasteiger partial charge < -0.3 is 14.8 Å². The first-order valence-corrected chi connectivity index (χ1v) is 9.08. The van der Waals surface area contributed by atoms with Gasteiger partial charge in [0, 0.05) is 12.5 Å². The number of rotatable bonds is 11. The fourth-order valence-corrected chi connectivity index (χ4v) is 2.55. The molecule has 128 valence electrons. The van der Waals surface area contributed by atoms with E-state index in [1.54, 1.807) is 24.8 Å². The second kappa shape index (κ2) is 11.0. The first kappa shape index (κ1) is 19.5. The van der Waals surface area contributed by atoms with Crippen LogP contribution in [0.15, 0.2) is 18.2 Å². The van der Waals surface area contributed by atoms with Crippen molar-refractivity contribution in [3.8, 4) is 5.75 Å². The van der Waals surface area contributed by atoms with E-state index in [1.807, 2.05) is 6.26 Å². The summed E-state index contributed by atoms with van der Waals surface area (Å²) < 4.78 is 18.7. The molecule has 1 N–H and O–H groups in total.